The molecule has 9 heteroatoms. The van der Waals surface area contributed by atoms with Crippen molar-refractivity contribution in [2.24, 2.45) is 0 Å². The summed E-state index contributed by atoms with van der Waals surface area (Å²) in [5.74, 6) is 0.185. The van der Waals surface area contributed by atoms with Gasteiger partial charge in [0.15, 0.2) is 0 Å². The highest BCUT2D eigenvalue weighted by molar-refractivity contribution is 7.09. The van der Waals surface area contributed by atoms with Crippen molar-refractivity contribution < 1.29 is 23.5 Å². The molecule has 0 fully saturated rings. The quantitative estimate of drug-likeness (QED) is 0.311. The van der Waals surface area contributed by atoms with Crippen LogP contribution >= 0.6 is 11.3 Å². The fraction of sp³-hybridized carbons (Fsp3) is 0.333. The zero-order chi connectivity index (χ0) is 25.8. The molecule has 3 aromatic rings. The zero-order valence-electron chi connectivity index (χ0n) is 20.6. The van der Waals surface area contributed by atoms with Crippen LogP contribution in [0.5, 0.6) is 5.75 Å². The average Bonchev–Trinajstić information content (AvgIpc) is 3.39. The third kappa shape index (κ3) is 8.66. The third-order valence-electron chi connectivity index (χ3n) is 5.37. The van der Waals surface area contributed by atoms with Crippen LogP contribution in [0.4, 0.5) is 14.9 Å². The molecular weight excluding hydrogens is 481 g/mol. The van der Waals surface area contributed by atoms with E-state index in [1.54, 1.807) is 59.7 Å². The minimum atomic E-state index is -0.374. The number of nitrogens with zero attached hydrogens (tertiary/aromatic N) is 2. The number of rotatable bonds is 13. The van der Waals surface area contributed by atoms with E-state index >= 15 is 0 Å². The number of urea groups is 1. The number of hydrogen-bond acceptors (Lipinski definition) is 5. The third-order valence-corrected chi connectivity index (χ3v) is 6.23. The van der Waals surface area contributed by atoms with E-state index in [1.165, 1.54) is 17.0 Å². The van der Waals surface area contributed by atoms with Crippen LogP contribution < -0.4 is 10.1 Å². The Morgan fingerprint density at radius 1 is 1.00 bits per heavy atom. The van der Waals surface area contributed by atoms with Crippen LogP contribution in [0.1, 0.15) is 23.8 Å². The van der Waals surface area contributed by atoms with Crippen LogP contribution in [0.3, 0.4) is 0 Å². The number of halogens is 1. The van der Waals surface area contributed by atoms with E-state index in [1.807, 2.05) is 24.4 Å². The largest absolute Gasteiger partial charge is 0.494 e. The Morgan fingerprint density at radius 2 is 1.75 bits per heavy atom. The van der Waals surface area contributed by atoms with E-state index < -0.39 is 0 Å². The lowest BCUT2D eigenvalue weighted by atomic mass is 10.2. The van der Waals surface area contributed by atoms with E-state index in [4.69, 9.17) is 9.47 Å². The monoisotopic (exact) mass is 513 g/mol. The molecule has 0 aliphatic rings. The number of nitrogens with one attached hydrogen (secondary N) is 1. The van der Waals surface area contributed by atoms with Crippen LogP contribution in [0, 0.1) is 5.82 Å². The molecule has 0 atom stereocenters. The maximum atomic E-state index is 13.4. The van der Waals surface area contributed by atoms with Gasteiger partial charge in [-0.25, -0.2) is 9.18 Å². The topological polar surface area (TPSA) is 71.1 Å². The number of benzene rings is 2. The van der Waals surface area contributed by atoms with Gasteiger partial charge in [0.1, 0.15) is 18.1 Å². The van der Waals surface area contributed by atoms with E-state index in [0.29, 0.717) is 50.7 Å². The summed E-state index contributed by atoms with van der Waals surface area (Å²) in [6.07, 6.45) is 0.587. The van der Waals surface area contributed by atoms with Crippen molar-refractivity contribution in [3.8, 4) is 5.75 Å². The molecule has 36 heavy (non-hydrogen) atoms. The molecule has 192 valence electrons. The van der Waals surface area contributed by atoms with Crippen LogP contribution in [0.2, 0.25) is 0 Å². The maximum Gasteiger partial charge on any atom is 0.322 e. The van der Waals surface area contributed by atoms with Crippen molar-refractivity contribution in [3.63, 3.8) is 0 Å². The van der Waals surface area contributed by atoms with Crippen molar-refractivity contribution in [2.45, 2.75) is 26.4 Å². The van der Waals surface area contributed by atoms with Crippen molar-refractivity contribution in [1.29, 1.82) is 0 Å². The number of methoxy groups -OCH3 is 1. The summed E-state index contributed by atoms with van der Waals surface area (Å²) >= 11 is 1.56. The van der Waals surface area contributed by atoms with Gasteiger partial charge in [-0.15, -0.1) is 11.3 Å². The number of carbonyl (C=O) groups is 2. The summed E-state index contributed by atoms with van der Waals surface area (Å²) in [7, 11) is 1.60. The van der Waals surface area contributed by atoms with Gasteiger partial charge in [0.05, 0.1) is 13.2 Å². The van der Waals surface area contributed by atoms with E-state index in [2.05, 4.69) is 5.32 Å². The van der Waals surface area contributed by atoms with E-state index in [0.717, 1.165) is 10.4 Å². The van der Waals surface area contributed by atoms with E-state index in [9.17, 15) is 14.0 Å². The Balaban J connectivity index is 1.72. The van der Waals surface area contributed by atoms with Gasteiger partial charge in [0.2, 0.25) is 5.91 Å². The van der Waals surface area contributed by atoms with Crippen LogP contribution in [0.15, 0.2) is 66.0 Å². The van der Waals surface area contributed by atoms with E-state index in [-0.39, 0.29) is 24.3 Å². The molecule has 1 heterocycles. The predicted molar refractivity (Wildman–Crippen MR) is 140 cm³/mol. The van der Waals surface area contributed by atoms with Crippen LogP contribution in [-0.4, -0.2) is 55.2 Å². The standard InChI is InChI=1S/C27H32FN3O4S/c1-3-35-24-13-11-23(12-14-24)29-27(33)30(15-5-16-34-2)20-26(32)31(19-25-6-4-17-36-25)18-21-7-9-22(28)10-8-21/h4,6-14,17H,3,5,15-16,18-20H2,1-2H3,(H,29,33). The van der Waals surface area contributed by atoms with Gasteiger partial charge in [0.25, 0.3) is 0 Å². The number of ether oxygens (including phenoxy) is 2. The fourth-order valence-corrected chi connectivity index (χ4v) is 4.27. The summed E-state index contributed by atoms with van der Waals surface area (Å²) in [6, 6.07) is 16.7. The maximum absolute atomic E-state index is 13.4. The predicted octanol–water partition coefficient (Wildman–Crippen LogP) is 5.39. The first kappa shape index (κ1) is 27.2. The van der Waals surface area contributed by atoms with Gasteiger partial charge < -0.3 is 24.6 Å². The van der Waals surface area contributed by atoms with Crippen molar-refractivity contribution in [2.75, 3.05) is 38.7 Å². The average molecular weight is 514 g/mol. The molecule has 0 saturated heterocycles. The summed E-state index contributed by atoms with van der Waals surface area (Å²) in [5, 5.41) is 4.82. The SMILES string of the molecule is CCOc1ccc(NC(=O)N(CCCOC)CC(=O)N(Cc2ccc(F)cc2)Cc2cccs2)cc1. The van der Waals surface area contributed by atoms with Gasteiger partial charge in [-0.1, -0.05) is 18.2 Å². The molecule has 0 aliphatic carbocycles. The number of carbonyl (C=O) groups excluding carboxylic acids is 2. The van der Waals surface area contributed by atoms with Crippen molar-refractivity contribution >= 4 is 29.0 Å². The smallest absolute Gasteiger partial charge is 0.322 e. The minimum absolute atomic E-state index is 0.0981. The molecule has 0 saturated carbocycles. The Kier molecular flexibility index (Phi) is 10.7. The number of thiophene rings is 1. The lowest BCUT2D eigenvalue weighted by Crippen LogP contribution is -2.44. The molecule has 0 aliphatic heterocycles. The molecule has 1 N–H and O–H groups in total. The van der Waals surface area contributed by atoms with Gasteiger partial charge in [-0.05, 0) is 66.8 Å². The molecule has 0 unspecified atom stereocenters. The van der Waals surface area contributed by atoms with Gasteiger partial charge in [-0.2, -0.15) is 0 Å². The highest BCUT2D eigenvalue weighted by Gasteiger charge is 2.22. The van der Waals surface area contributed by atoms with Gasteiger partial charge >= 0.3 is 6.03 Å². The molecular formula is C27H32FN3O4S. The Morgan fingerprint density at radius 3 is 2.39 bits per heavy atom. The first-order valence-electron chi connectivity index (χ1n) is 11.8. The second-order valence-electron chi connectivity index (χ2n) is 8.11. The van der Waals surface area contributed by atoms with Crippen molar-refractivity contribution in [1.82, 2.24) is 9.80 Å². The zero-order valence-corrected chi connectivity index (χ0v) is 21.4. The summed E-state index contributed by atoms with van der Waals surface area (Å²) in [5.41, 5.74) is 1.42. The second kappa shape index (κ2) is 14.2. The number of anilines is 1. The molecule has 0 bridgehead atoms. The molecule has 3 rings (SSSR count). The molecule has 2 aromatic carbocycles. The Bertz CT molecular complexity index is 1080. The van der Waals surface area contributed by atoms with Crippen LogP contribution in [0.25, 0.3) is 0 Å². The molecule has 1 aromatic heterocycles. The summed E-state index contributed by atoms with van der Waals surface area (Å²) in [4.78, 5) is 30.8. The second-order valence-corrected chi connectivity index (χ2v) is 9.14. The summed E-state index contributed by atoms with van der Waals surface area (Å²) < 4.78 is 24.0. The number of amides is 3. The highest BCUT2D eigenvalue weighted by atomic mass is 32.1. The van der Waals surface area contributed by atoms with Crippen molar-refractivity contribution in [3.05, 3.63) is 82.3 Å². The molecule has 7 nitrogen and oxygen atoms in total. The summed E-state index contributed by atoms with van der Waals surface area (Å²) in [6.45, 7) is 3.90. The first-order valence-corrected chi connectivity index (χ1v) is 12.7. The van der Waals surface area contributed by atoms with Gasteiger partial charge in [0, 0.05) is 37.4 Å². The lowest BCUT2D eigenvalue weighted by molar-refractivity contribution is -0.133. The first-order chi connectivity index (χ1) is 17.5. The highest BCUT2D eigenvalue weighted by Crippen LogP contribution is 2.18. The normalized spacial score (nSPS) is 10.6. The lowest BCUT2D eigenvalue weighted by Gasteiger charge is -2.28. The minimum Gasteiger partial charge on any atom is -0.494 e. The molecule has 0 spiro atoms. The van der Waals surface area contributed by atoms with Gasteiger partial charge in [-0.3, -0.25) is 4.79 Å². The molecule has 0 radical (unpaired) electrons. The fourth-order valence-electron chi connectivity index (χ4n) is 3.55. The van der Waals surface area contributed by atoms with Crippen LogP contribution in [-0.2, 0) is 22.6 Å². The Hall–Kier alpha value is -3.43. The number of hydrogen-bond donors (Lipinski definition) is 1. The Labute approximate surface area is 215 Å². The molecule has 3 amide bonds.